The molecule has 1 aliphatic rings. The summed E-state index contributed by atoms with van der Waals surface area (Å²) >= 11 is 0. The van der Waals surface area contributed by atoms with E-state index in [1.807, 2.05) is 0 Å². The highest BCUT2D eigenvalue weighted by Crippen LogP contribution is 2.32. The predicted octanol–water partition coefficient (Wildman–Crippen LogP) is 3.56. The molecule has 7 nitrogen and oxygen atoms in total. The smallest absolute Gasteiger partial charge is 0.482 e. The number of nitrogens with zero attached hydrogens (tertiary/aromatic N) is 3. The number of rotatable bonds is 4. The first-order valence-corrected chi connectivity index (χ1v) is 8.10. The lowest BCUT2D eigenvalue weighted by atomic mass is 10.2. The molecule has 0 atom stereocenters. The number of fused-ring (bicyclic) bond motifs is 1. The SMILES string of the molecule is O=C1COc2ccccc2N1Cc1nc(-c2ccc(OC(F)(F)F)cc2)no1. The van der Waals surface area contributed by atoms with Crippen LogP contribution in [0.1, 0.15) is 5.89 Å². The van der Waals surface area contributed by atoms with Crippen LogP contribution in [0.25, 0.3) is 11.4 Å². The van der Waals surface area contributed by atoms with Gasteiger partial charge < -0.3 is 14.0 Å². The van der Waals surface area contributed by atoms with Gasteiger partial charge in [0, 0.05) is 5.56 Å². The van der Waals surface area contributed by atoms with Crippen molar-refractivity contribution >= 4 is 11.6 Å². The number of hydrogen-bond donors (Lipinski definition) is 0. The van der Waals surface area contributed by atoms with Crippen LogP contribution in [0.3, 0.4) is 0 Å². The van der Waals surface area contributed by atoms with Gasteiger partial charge in [-0.25, -0.2) is 0 Å². The molecule has 1 amide bonds. The molecule has 2 aromatic carbocycles. The number of aromatic nitrogens is 2. The van der Waals surface area contributed by atoms with Gasteiger partial charge in [0.2, 0.25) is 11.7 Å². The minimum absolute atomic E-state index is 0.0431. The van der Waals surface area contributed by atoms with E-state index in [9.17, 15) is 18.0 Å². The molecule has 0 radical (unpaired) electrons. The third-order valence-corrected chi connectivity index (χ3v) is 3.92. The van der Waals surface area contributed by atoms with E-state index in [1.165, 1.54) is 17.0 Å². The standard InChI is InChI=1S/C18H12F3N3O4/c19-18(20,21)27-12-7-5-11(6-8-12)17-22-15(28-23-17)9-24-13-3-1-2-4-14(13)26-10-16(24)25/h1-8H,9-10H2. The van der Waals surface area contributed by atoms with E-state index in [-0.39, 0.29) is 36.5 Å². The molecule has 1 aliphatic heterocycles. The number of carbonyl (C=O) groups is 1. The summed E-state index contributed by atoms with van der Waals surface area (Å²) in [5.74, 6) is 0.322. The average Bonchev–Trinajstić information content (AvgIpc) is 3.12. The molecular weight excluding hydrogens is 379 g/mol. The van der Waals surface area contributed by atoms with E-state index < -0.39 is 6.36 Å². The number of para-hydroxylation sites is 2. The van der Waals surface area contributed by atoms with Crippen molar-refractivity contribution in [3.05, 3.63) is 54.4 Å². The number of hydrogen-bond acceptors (Lipinski definition) is 6. The van der Waals surface area contributed by atoms with Crippen molar-refractivity contribution in [1.29, 1.82) is 0 Å². The van der Waals surface area contributed by atoms with Crippen LogP contribution in [0.2, 0.25) is 0 Å². The molecule has 10 heteroatoms. The van der Waals surface area contributed by atoms with Gasteiger partial charge in [0.05, 0.1) is 5.69 Å². The van der Waals surface area contributed by atoms with Gasteiger partial charge in [-0.3, -0.25) is 9.69 Å². The van der Waals surface area contributed by atoms with Crippen LogP contribution in [0.15, 0.2) is 53.1 Å². The lowest BCUT2D eigenvalue weighted by molar-refractivity contribution is -0.274. The second-order valence-electron chi connectivity index (χ2n) is 5.82. The van der Waals surface area contributed by atoms with Crippen molar-refractivity contribution in [2.24, 2.45) is 0 Å². The average molecular weight is 391 g/mol. The highest BCUT2D eigenvalue weighted by molar-refractivity contribution is 5.97. The van der Waals surface area contributed by atoms with Crippen LogP contribution in [0, 0.1) is 0 Å². The number of amides is 1. The van der Waals surface area contributed by atoms with Crippen molar-refractivity contribution in [1.82, 2.24) is 10.1 Å². The fraction of sp³-hybridized carbons (Fsp3) is 0.167. The molecule has 0 saturated carbocycles. The molecule has 28 heavy (non-hydrogen) atoms. The summed E-state index contributed by atoms with van der Waals surface area (Å²) in [7, 11) is 0. The number of carbonyl (C=O) groups excluding carboxylic acids is 1. The first-order valence-electron chi connectivity index (χ1n) is 8.10. The molecular formula is C18H12F3N3O4. The summed E-state index contributed by atoms with van der Waals surface area (Å²) in [6.45, 7) is -0.0554. The molecule has 4 rings (SSSR count). The van der Waals surface area contributed by atoms with E-state index >= 15 is 0 Å². The Hall–Kier alpha value is -3.56. The Labute approximate surface area is 156 Å². The van der Waals surface area contributed by atoms with Crippen molar-refractivity contribution in [2.45, 2.75) is 12.9 Å². The van der Waals surface area contributed by atoms with E-state index in [4.69, 9.17) is 9.26 Å². The van der Waals surface area contributed by atoms with Gasteiger partial charge in [-0.05, 0) is 36.4 Å². The summed E-state index contributed by atoms with van der Waals surface area (Å²) < 4.78 is 51.1. The number of ether oxygens (including phenoxy) is 2. The second kappa shape index (κ2) is 6.87. The monoisotopic (exact) mass is 391 g/mol. The van der Waals surface area contributed by atoms with E-state index in [0.717, 1.165) is 12.1 Å². The predicted molar refractivity (Wildman–Crippen MR) is 89.5 cm³/mol. The second-order valence-corrected chi connectivity index (χ2v) is 5.82. The number of anilines is 1. The van der Waals surface area contributed by atoms with E-state index in [1.54, 1.807) is 24.3 Å². The zero-order valence-corrected chi connectivity index (χ0v) is 14.1. The molecule has 0 saturated heterocycles. The summed E-state index contributed by atoms with van der Waals surface area (Å²) in [4.78, 5) is 17.9. The number of alkyl halides is 3. The van der Waals surface area contributed by atoms with Gasteiger partial charge in [0.1, 0.15) is 18.0 Å². The molecule has 1 aromatic heterocycles. The van der Waals surface area contributed by atoms with Crippen molar-refractivity contribution in [3.8, 4) is 22.9 Å². The Bertz CT molecular complexity index is 1000. The zero-order chi connectivity index (χ0) is 19.7. The summed E-state index contributed by atoms with van der Waals surface area (Å²) in [6.07, 6.45) is -4.76. The van der Waals surface area contributed by atoms with Gasteiger partial charge in [0.25, 0.3) is 5.91 Å². The Morgan fingerprint density at radius 3 is 2.61 bits per heavy atom. The molecule has 0 N–H and O–H groups in total. The van der Waals surface area contributed by atoms with Crippen LogP contribution in [-0.4, -0.2) is 29.0 Å². The Morgan fingerprint density at radius 2 is 1.86 bits per heavy atom. The zero-order valence-electron chi connectivity index (χ0n) is 14.1. The molecule has 3 aromatic rings. The maximum absolute atomic E-state index is 12.2. The van der Waals surface area contributed by atoms with Crippen LogP contribution < -0.4 is 14.4 Å². The minimum atomic E-state index is -4.76. The molecule has 144 valence electrons. The van der Waals surface area contributed by atoms with Gasteiger partial charge in [-0.2, -0.15) is 4.98 Å². The van der Waals surface area contributed by atoms with Crippen molar-refractivity contribution in [3.63, 3.8) is 0 Å². The molecule has 0 spiro atoms. The lowest BCUT2D eigenvalue weighted by Gasteiger charge is -2.27. The third kappa shape index (κ3) is 3.75. The van der Waals surface area contributed by atoms with Crippen LogP contribution in [0.4, 0.5) is 18.9 Å². The highest BCUT2D eigenvalue weighted by atomic mass is 19.4. The van der Waals surface area contributed by atoms with Gasteiger partial charge >= 0.3 is 6.36 Å². The van der Waals surface area contributed by atoms with Crippen molar-refractivity contribution in [2.75, 3.05) is 11.5 Å². The lowest BCUT2D eigenvalue weighted by Crippen LogP contribution is -2.38. The van der Waals surface area contributed by atoms with Gasteiger partial charge in [-0.1, -0.05) is 17.3 Å². The van der Waals surface area contributed by atoms with Gasteiger partial charge in [-0.15, -0.1) is 13.2 Å². The Morgan fingerprint density at radius 1 is 1.11 bits per heavy atom. The first kappa shape index (κ1) is 17.8. The molecule has 0 unspecified atom stereocenters. The first-order chi connectivity index (χ1) is 13.4. The quantitative estimate of drug-likeness (QED) is 0.677. The van der Waals surface area contributed by atoms with Gasteiger partial charge in [0.15, 0.2) is 6.61 Å². The van der Waals surface area contributed by atoms with Crippen LogP contribution in [0.5, 0.6) is 11.5 Å². The highest BCUT2D eigenvalue weighted by Gasteiger charge is 2.31. The largest absolute Gasteiger partial charge is 0.573 e. The fourth-order valence-electron chi connectivity index (χ4n) is 2.70. The maximum atomic E-state index is 12.2. The topological polar surface area (TPSA) is 77.7 Å². The minimum Gasteiger partial charge on any atom is -0.482 e. The summed E-state index contributed by atoms with van der Waals surface area (Å²) in [5, 5.41) is 3.82. The fourth-order valence-corrected chi connectivity index (χ4v) is 2.70. The summed E-state index contributed by atoms with van der Waals surface area (Å²) in [6, 6.07) is 12.1. The maximum Gasteiger partial charge on any atom is 0.573 e. The Balaban J connectivity index is 1.52. The Kier molecular flexibility index (Phi) is 4.38. The molecule has 0 aliphatic carbocycles. The number of benzene rings is 2. The molecule has 2 heterocycles. The normalized spacial score (nSPS) is 13.8. The summed E-state index contributed by atoms with van der Waals surface area (Å²) in [5.41, 5.74) is 1.03. The van der Waals surface area contributed by atoms with E-state index in [0.29, 0.717) is 17.0 Å². The van der Waals surface area contributed by atoms with Crippen molar-refractivity contribution < 1.29 is 32.0 Å². The van der Waals surface area contributed by atoms with E-state index in [2.05, 4.69) is 14.9 Å². The molecule has 0 fully saturated rings. The third-order valence-electron chi connectivity index (χ3n) is 3.92. The molecule has 0 bridgehead atoms. The van der Waals surface area contributed by atoms with Crippen LogP contribution >= 0.6 is 0 Å². The van der Waals surface area contributed by atoms with Crippen LogP contribution in [-0.2, 0) is 11.3 Å². The number of halogens is 3.